The first-order chi connectivity index (χ1) is 9.20. The molecule has 1 N–H and O–H groups in total. The molecule has 1 aliphatic carbocycles. The van der Waals surface area contributed by atoms with Gasteiger partial charge in [-0.2, -0.15) is 5.10 Å². The summed E-state index contributed by atoms with van der Waals surface area (Å²) >= 11 is 6.03. The minimum absolute atomic E-state index is 0.615. The summed E-state index contributed by atoms with van der Waals surface area (Å²) in [6.45, 7) is 0.904. The highest BCUT2D eigenvalue weighted by atomic mass is 35.5. The lowest BCUT2D eigenvalue weighted by molar-refractivity contribution is 0.289. The Bertz CT molecular complexity index is 558. The molecule has 0 atom stereocenters. The molecule has 0 amide bonds. The van der Waals surface area contributed by atoms with Crippen molar-refractivity contribution in [3.05, 3.63) is 52.8 Å². The van der Waals surface area contributed by atoms with E-state index in [-0.39, 0.29) is 0 Å². The molecule has 0 aliphatic heterocycles. The molecule has 3 rings (SSSR count). The van der Waals surface area contributed by atoms with E-state index in [4.69, 9.17) is 11.6 Å². The Morgan fingerprint density at radius 3 is 2.95 bits per heavy atom. The summed E-state index contributed by atoms with van der Waals surface area (Å²) in [7, 11) is 1.95. The van der Waals surface area contributed by atoms with E-state index in [1.165, 1.54) is 24.0 Å². The molecule has 19 heavy (non-hydrogen) atoms. The van der Waals surface area contributed by atoms with Crippen LogP contribution in [0.1, 0.15) is 29.9 Å². The molecule has 1 fully saturated rings. The SMILES string of the molecule is Cn1cc(CNC2CC(c3cccc(Cl)c3)C2)cn1. The van der Waals surface area contributed by atoms with Crippen molar-refractivity contribution in [3.63, 3.8) is 0 Å². The van der Waals surface area contributed by atoms with Crippen molar-refractivity contribution in [2.75, 3.05) is 0 Å². The first-order valence-corrected chi connectivity index (χ1v) is 7.05. The number of rotatable bonds is 4. The number of benzene rings is 1. The van der Waals surface area contributed by atoms with Gasteiger partial charge in [0, 0.05) is 36.4 Å². The Balaban J connectivity index is 1.48. The van der Waals surface area contributed by atoms with Crippen LogP contribution < -0.4 is 5.32 Å². The lowest BCUT2D eigenvalue weighted by atomic mass is 9.76. The highest BCUT2D eigenvalue weighted by Crippen LogP contribution is 2.37. The lowest BCUT2D eigenvalue weighted by Gasteiger charge is -2.36. The van der Waals surface area contributed by atoms with Gasteiger partial charge in [-0.1, -0.05) is 23.7 Å². The van der Waals surface area contributed by atoms with Crippen LogP contribution >= 0.6 is 11.6 Å². The van der Waals surface area contributed by atoms with E-state index >= 15 is 0 Å². The van der Waals surface area contributed by atoms with E-state index in [0.29, 0.717) is 12.0 Å². The second-order valence-corrected chi connectivity index (χ2v) is 5.76. The van der Waals surface area contributed by atoms with E-state index in [2.05, 4.69) is 28.7 Å². The first kappa shape index (κ1) is 12.7. The molecule has 1 aromatic carbocycles. The number of hydrogen-bond acceptors (Lipinski definition) is 2. The predicted molar refractivity (Wildman–Crippen MR) is 77.3 cm³/mol. The van der Waals surface area contributed by atoms with Crippen LogP contribution in [0.2, 0.25) is 5.02 Å². The Labute approximate surface area is 118 Å². The maximum Gasteiger partial charge on any atom is 0.0534 e. The second-order valence-electron chi connectivity index (χ2n) is 5.32. The van der Waals surface area contributed by atoms with Crippen molar-refractivity contribution in [1.82, 2.24) is 15.1 Å². The van der Waals surface area contributed by atoms with Crippen molar-refractivity contribution in [2.45, 2.75) is 31.3 Å². The van der Waals surface area contributed by atoms with E-state index < -0.39 is 0 Å². The number of nitrogens with one attached hydrogen (secondary N) is 1. The van der Waals surface area contributed by atoms with Crippen molar-refractivity contribution in [3.8, 4) is 0 Å². The Morgan fingerprint density at radius 2 is 2.26 bits per heavy atom. The van der Waals surface area contributed by atoms with Crippen LogP contribution in [0.4, 0.5) is 0 Å². The molecule has 3 nitrogen and oxygen atoms in total. The molecule has 1 aromatic heterocycles. The zero-order chi connectivity index (χ0) is 13.2. The molecule has 100 valence electrons. The highest BCUT2D eigenvalue weighted by molar-refractivity contribution is 6.30. The average molecular weight is 276 g/mol. The Morgan fingerprint density at radius 1 is 1.42 bits per heavy atom. The number of halogens is 1. The average Bonchev–Trinajstić information content (AvgIpc) is 2.73. The second kappa shape index (κ2) is 5.35. The smallest absolute Gasteiger partial charge is 0.0534 e. The van der Waals surface area contributed by atoms with Gasteiger partial charge in [0.15, 0.2) is 0 Å². The van der Waals surface area contributed by atoms with Crippen LogP contribution in [-0.2, 0) is 13.6 Å². The van der Waals surface area contributed by atoms with Gasteiger partial charge in [0.2, 0.25) is 0 Å². The van der Waals surface area contributed by atoms with Crippen LogP contribution in [0.25, 0.3) is 0 Å². The van der Waals surface area contributed by atoms with Crippen LogP contribution in [0.15, 0.2) is 36.7 Å². The third-order valence-corrected chi connectivity index (χ3v) is 4.05. The standard InChI is InChI=1S/C15H18ClN3/c1-19-10-11(9-18-19)8-17-15-6-13(7-15)12-3-2-4-14(16)5-12/h2-5,9-10,13,15,17H,6-8H2,1H3. The number of hydrogen-bond donors (Lipinski definition) is 1. The minimum atomic E-state index is 0.615. The maximum atomic E-state index is 6.03. The molecule has 0 unspecified atom stereocenters. The van der Waals surface area contributed by atoms with E-state index in [1.54, 1.807) is 0 Å². The molecule has 1 aliphatic rings. The van der Waals surface area contributed by atoms with Gasteiger partial charge in [0.25, 0.3) is 0 Å². The molecule has 1 saturated carbocycles. The van der Waals surface area contributed by atoms with Crippen LogP contribution in [0, 0.1) is 0 Å². The molecular formula is C15H18ClN3. The normalized spacial score (nSPS) is 22.2. The van der Waals surface area contributed by atoms with Crippen molar-refractivity contribution in [1.29, 1.82) is 0 Å². The van der Waals surface area contributed by atoms with Crippen molar-refractivity contribution in [2.24, 2.45) is 7.05 Å². The van der Waals surface area contributed by atoms with Crippen LogP contribution in [0.3, 0.4) is 0 Å². The fourth-order valence-corrected chi connectivity index (χ4v) is 2.84. The molecule has 0 saturated heterocycles. The molecule has 4 heteroatoms. The van der Waals surface area contributed by atoms with Crippen LogP contribution in [-0.4, -0.2) is 15.8 Å². The van der Waals surface area contributed by atoms with E-state index in [1.807, 2.05) is 30.1 Å². The third kappa shape index (κ3) is 2.99. The third-order valence-electron chi connectivity index (χ3n) is 3.81. The molecule has 1 heterocycles. The summed E-state index contributed by atoms with van der Waals surface area (Å²) in [5.41, 5.74) is 2.61. The number of nitrogens with zero attached hydrogens (tertiary/aromatic N) is 2. The van der Waals surface area contributed by atoms with Crippen molar-refractivity contribution < 1.29 is 0 Å². The van der Waals surface area contributed by atoms with Gasteiger partial charge in [0.1, 0.15) is 0 Å². The quantitative estimate of drug-likeness (QED) is 0.929. The van der Waals surface area contributed by atoms with E-state index in [9.17, 15) is 0 Å². The van der Waals surface area contributed by atoms with Gasteiger partial charge in [-0.3, -0.25) is 4.68 Å². The number of aryl methyl sites for hydroxylation is 1. The first-order valence-electron chi connectivity index (χ1n) is 6.67. The fourth-order valence-electron chi connectivity index (χ4n) is 2.64. The summed E-state index contributed by atoms with van der Waals surface area (Å²) < 4.78 is 1.84. The van der Waals surface area contributed by atoms with E-state index in [0.717, 1.165) is 11.6 Å². The molecule has 0 bridgehead atoms. The summed E-state index contributed by atoms with van der Waals surface area (Å²) in [5, 5.41) is 8.59. The highest BCUT2D eigenvalue weighted by Gasteiger charge is 2.29. The Kier molecular flexibility index (Phi) is 3.58. The largest absolute Gasteiger partial charge is 0.310 e. The predicted octanol–water partition coefficient (Wildman–Crippen LogP) is 3.11. The van der Waals surface area contributed by atoms with Crippen molar-refractivity contribution >= 4 is 11.6 Å². The number of aromatic nitrogens is 2. The zero-order valence-electron chi connectivity index (χ0n) is 11.0. The van der Waals surface area contributed by atoms with Gasteiger partial charge < -0.3 is 5.32 Å². The summed E-state index contributed by atoms with van der Waals surface area (Å²) in [6, 6.07) is 8.84. The zero-order valence-corrected chi connectivity index (χ0v) is 11.8. The topological polar surface area (TPSA) is 29.9 Å². The van der Waals surface area contributed by atoms with Gasteiger partial charge in [0.05, 0.1) is 6.20 Å². The monoisotopic (exact) mass is 275 g/mol. The maximum absolute atomic E-state index is 6.03. The minimum Gasteiger partial charge on any atom is -0.310 e. The molecule has 0 spiro atoms. The summed E-state index contributed by atoms with van der Waals surface area (Å²) in [4.78, 5) is 0. The molecule has 2 aromatic rings. The molecular weight excluding hydrogens is 258 g/mol. The molecule has 0 radical (unpaired) electrons. The summed E-state index contributed by atoms with van der Waals surface area (Å²) in [6.07, 6.45) is 6.36. The Hall–Kier alpha value is -1.32. The van der Waals surface area contributed by atoms with Gasteiger partial charge >= 0.3 is 0 Å². The van der Waals surface area contributed by atoms with Gasteiger partial charge in [-0.05, 0) is 36.5 Å². The summed E-state index contributed by atoms with van der Waals surface area (Å²) in [5.74, 6) is 0.657. The van der Waals surface area contributed by atoms with Gasteiger partial charge in [-0.25, -0.2) is 0 Å². The lowest BCUT2D eigenvalue weighted by Crippen LogP contribution is -2.39. The van der Waals surface area contributed by atoms with Gasteiger partial charge in [-0.15, -0.1) is 0 Å². The fraction of sp³-hybridized carbons (Fsp3) is 0.400. The van der Waals surface area contributed by atoms with Crippen LogP contribution in [0.5, 0.6) is 0 Å².